The molecule has 3 atom stereocenters. The summed E-state index contributed by atoms with van der Waals surface area (Å²) in [4.78, 5) is 30.7. The van der Waals surface area contributed by atoms with Crippen molar-refractivity contribution in [2.45, 2.75) is 109 Å². The Hall–Kier alpha value is -2.88. The monoisotopic (exact) mass is 662 g/mol. The molecule has 254 valence electrons. The summed E-state index contributed by atoms with van der Waals surface area (Å²) in [6, 6.07) is 8.57. The molecule has 1 aromatic carbocycles. The van der Waals surface area contributed by atoms with Crippen molar-refractivity contribution in [1.82, 2.24) is 13.9 Å². The number of azide groups is 1. The lowest BCUT2D eigenvalue weighted by molar-refractivity contribution is -0.156. The first-order valence-corrected chi connectivity index (χ1v) is 17.2. The van der Waals surface area contributed by atoms with Gasteiger partial charge in [-0.15, -0.1) is 0 Å². The third kappa shape index (κ3) is 7.97. The van der Waals surface area contributed by atoms with E-state index in [1.54, 1.807) is 27.7 Å². The van der Waals surface area contributed by atoms with Gasteiger partial charge in [0, 0.05) is 31.1 Å². The van der Waals surface area contributed by atoms with Crippen LogP contribution >= 0.6 is 0 Å². The third-order valence-corrected chi connectivity index (χ3v) is 10.7. The average Bonchev–Trinajstić information content (AvgIpc) is 3.39. The molecular weight excluding hydrogens is 615 g/mol. The van der Waals surface area contributed by atoms with Gasteiger partial charge in [0.15, 0.2) is 5.54 Å². The Balaban J connectivity index is 1.50. The minimum absolute atomic E-state index is 0.0744. The van der Waals surface area contributed by atoms with Crippen molar-refractivity contribution < 1.29 is 36.8 Å². The Morgan fingerprint density at radius 3 is 2.30 bits per heavy atom. The molecule has 0 saturated carbocycles. The molecule has 3 saturated heterocycles. The number of hydrogen-bond acceptors (Lipinski definition) is 9. The maximum atomic E-state index is 13.9. The van der Waals surface area contributed by atoms with Crippen LogP contribution in [0.25, 0.3) is 10.4 Å². The highest BCUT2D eigenvalue weighted by Crippen LogP contribution is 2.41. The smallest absolute Gasteiger partial charge is 0.457 e. The Morgan fingerprint density at radius 2 is 1.74 bits per heavy atom. The van der Waals surface area contributed by atoms with Crippen LogP contribution in [-0.4, -0.2) is 91.4 Å². The molecular formula is C30H47BN6O8S. The molecule has 0 bridgehead atoms. The zero-order chi connectivity index (χ0) is 34.1. The molecule has 3 aliphatic rings. The number of benzene rings is 1. The summed E-state index contributed by atoms with van der Waals surface area (Å²) in [6.45, 7) is 14.6. The molecule has 1 N–H and O–H groups in total. The second kappa shape index (κ2) is 13.3. The van der Waals surface area contributed by atoms with Gasteiger partial charge in [0.2, 0.25) is 0 Å². The van der Waals surface area contributed by atoms with Gasteiger partial charge in [-0.25, -0.2) is 4.79 Å². The van der Waals surface area contributed by atoms with Gasteiger partial charge < -0.3 is 23.7 Å². The first kappa shape index (κ1) is 36.0. The number of nitrogens with zero attached hydrogens (tertiary/aromatic N) is 5. The van der Waals surface area contributed by atoms with Crippen LogP contribution in [0.1, 0.15) is 79.9 Å². The van der Waals surface area contributed by atoms with E-state index in [2.05, 4.69) is 14.7 Å². The van der Waals surface area contributed by atoms with Crippen molar-refractivity contribution in [3.05, 3.63) is 46.3 Å². The van der Waals surface area contributed by atoms with Crippen molar-refractivity contribution in [3.63, 3.8) is 0 Å². The van der Waals surface area contributed by atoms with Gasteiger partial charge in [0.1, 0.15) is 11.7 Å². The molecule has 1 aromatic rings. The minimum atomic E-state index is -4.15. The summed E-state index contributed by atoms with van der Waals surface area (Å²) < 4.78 is 54.4. The molecule has 46 heavy (non-hydrogen) atoms. The molecule has 0 aliphatic carbocycles. The van der Waals surface area contributed by atoms with Crippen molar-refractivity contribution in [1.29, 1.82) is 0 Å². The van der Waals surface area contributed by atoms with Crippen molar-refractivity contribution in [2.24, 2.45) is 11.0 Å². The molecule has 14 nitrogen and oxygen atoms in total. The molecule has 3 aliphatic heterocycles. The van der Waals surface area contributed by atoms with E-state index in [0.717, 1.165) is 9.87 Å². The quantitative estimate of drug-likeness (QED) is 0.118. The molecule has 3 fully saturated rings. The number of ether oxygens (including phenoxy) is 2. The van der Waals surface area contributed by atoms with E-state index >= 15 is 0 Å². The minimum Gasteiger partial charge on any atom is -0.457 e. The lowest BCUT2D eigenvalue weighted by Crippen LogP contribution is -2.63. The fourth-order valence-electron chi connectivity index (χ4n) is 5.82. The zero-order valence-electron chi connectivity index (χ0n) is 28.1. The van der Waals surface area contributed by atoms with Gasteiger partial charge in [-0.2, -0.15) is 17.4 Å². The number of nitrogens with one attached hydrogen (secondary N) is 1. The van der Waals surface area contributed by atoms with E-state index in [1.807, 2.05) is 58.0 Å². The van der Waals surface area contributed by atoms with E-state index < -0.39 is 76.3 Å². The SMILES string of the molecule is C[C@@H](OC(=O)[C@]1(N=[N+]=[N-])CN(S(=O)(=O)NC2CN(C(=O)OC(C)(C)C)C2)C[C@@H]1CCCB1OC(C)(C)C(C)(C)O1)c1ccccc1. The summed E-state index contributed by atoms with van der Waals surface area (Å²) in [5.74, 6) is -1.47. The predicted molar refractivity (Wildman–Crippen MR) is 172 cm³/mol. The summed E-state index contributed by atoms with van der Waals surface area (Å²) in [5, 5.41) is 3.97. The van der Waals surface area contributed by atoms with Crippen LogP contribution in [0, 0.1) is 5.92 Å². The molecule has 0 radical (unpaired) electrons. The Morgan fingerprint density at radius 1 is 1.13 bits per heavy atom. The van der Waals surface area contributed by atoms with Crippen LogP contribution < -0.4 is 4.72 Å². The number of esters is 1. The largest absolute Gasteiger partial charge is 0.457 e. The van der Waals surface area contributed by atoms with E-state index in [0.29, 0.717) is 19.2 Å². The van der Waals surface area contributed by atoms with E-state index in [9.17, 15) is 23.5 Å². The Labute approximate surface area is 272 Å². The standard InChI is InChI=1S/C30H47BN6O8S/c1-21(22-13-10-9-11-14-22)42-25(38)30(34-35-32)20-37(17-23(30)15-12-16-31-44-28(5,6)29(7,8)45-31)46(40,41)33-24-18-36(19-24)26(39)43-27(2,3)4/h9-11,13-14,21,23-24,33H,12,15-20H2,1-8H3/t21-,23+,30+/m1/s1. The lowest BCUT2D eigenvalue weighted by Gasteiger charge is -2.40. The summed E-state index contributed by atoms with van der Waals surface area (Å²) in [5.41, 5.74) is 6.90. The van der Waals surface area contributed by atoms with E-state index in [4.69, 9.17) is 18.8 Å². The number of amides is 1. The summed E-state index contributed by atoms with van der Waals surface area (Å²) >= 11 is 0. The fraction of sp³-hybridized carbons (Fsp3) is 0.733. The Bertz CT molecular complexity index is 1410. The summed E-state index contributed by atoms with van der Waals surface area (Å²) in [7, 11) is -4.62. The van der Waals surface area contributed by atoms with Crippen LogP contribution in [-0.2, 0) is 33.8 Å². The van der Waals surface area contributed by atoms with Gasteiger partial charge >= 0.3 is 19.2 Å². The topological polar surface area (TPSA) is 172 Å². The molecule has 0 aromatic heterocycles. The maximum absolute atomic E-state index is 13.9. The van der Waals surface area contributed by atoms with Crippen molar-refractivity contribution in [2.75, 3.05) is 26.2 Å². The zero-order valence-corrected chi connectivity index (χ0v) is 28.9. The van der Waals surface area contributed by atoms with Crippen LogP contribution in [0.4, 0.5) is 4.79 Å². The second-order valence-corrected chi connectivity index (χ2v) is 16.1. The van der Waals surface area contributed by atoms with Crippen molar-refractivity contribution >= 4 is 29.4 Å². The highest BCUT2D eigenvalue weighted by Gasteiger charge is 2.57. The van der Waals surface area contributed by atoms with Crippen LogP contribution in [0.3, 0.4) is 0 Å². The highest BCUT2D eigenvalue weighted by molar-refractivity contribution is 7.87. The number of carbonyl (C=O) groups is 2. The van der Waals surface area contributed by atoms with Gasteiger partial charge in [-0.05, 0) is 85.1 Å². The van der Waals surface area contributed by atoms with E-state index in [-0.39, 0.29) is 19.6 Å². The average molecular weight is 663 g/mol. The van der Waals surface area contributed by atoms with Gasteiger partial charge in [0.05, 0.1) is 17.2 Å². The Kier molecular flexibility index (Phi) is 10.4. The number of carbonyl (C=O) groups excluding carboxylic acids is 2. The normalized spacial score (nSPS) is 25.4. The first-order valence-electron chi connectivity index (χ1n) is 15.7. The van der Waals surface area contributed by atoms with Crippen LogP contribution in [0.15, 0.2) is 35.4 Å². The number of hydrogen-bond donors (Lipinski definition) is 1. The first-order chi connectivity index (χ1) is 21.3. The molecule has 0 unspecified atom stereocenters. The van der Waals surface area contributed by atoms with Gasteiger partial charge in [-0.1, -0.05) is 41.9 Å². The molecule has 0 spiro atoms. The predicted octanol–water partition coefficient (Wildman–Crippen LogP) is 4.60. The number of rotatable bonds is 11. The second-order valence-electron chi connectivity index (χ2n) is 14.4. The highest BCUT2D eigenvalue weighted by atomic mass is 32.2. The van der Waals surface area contributed by atoms with Crippen molar-refractivity contribution in [3.8, 4) is 0 Å². The van der Waals surface area contributed by atoms with Crippen LogP contribution in [0.2, 0.25) is 6.32 Å². The molecule has 4 rings (SSSR count). The summed E-state index contributed by atoms with van der Waals surface area (Å²) in [6.07, 6.45) is 0.172. The molecule has 1 amide bonds. The number of likely N-dealkylation sites (tertiary alicyclic amines) is 1. The maximum Gasteiger partial charge on any atom is 0.457 e. The van der Waals surface area contributed by atoms with Gasteiger partial charge in [-0.3, -0.25) is 4.79 Å². The molecule has 3 heterocycles. The molecule has 16 heteroatoms. The van der Waals surface area contributed by atoms with Crippen LogP contribution in [0.5, 0.6) is 0 Å². The lowest BCUT2D eigenvalue weighted by atomic mass is 9.78. The third-order valence-electron chi connectivity index (χ3n) is 9.13. The van der Waals surface area contributed by atoms with E-state index in [1.165, 1.54) is 4.90 Å². The fourth-order valence-corrected chi connectivity index (χ4v) is 7.28. The van der Waals surface area contributed by atoms with Gasteiger partial charge in [0.25, 0.3) is 10.2 Å².